The molecule has 0 saturated heterocycles. The molecule has 1 N–H and O–H groups in total. The van der Waals surface area contributed by atoms with E-state index in [1.165, 1.54) is 0 Å². The molecular weight excluding hydrogens is 320 g/mol. The molecule has 0 aliphatic carbocycles. The predicted octanol–water partition coefficient (Wildman–Crippen LogP) is 5.06. The Labute approximate surface area is 146 Å². The molecule has 0 fully saturated rings. The van der Waals surface area contributed by atoms with Crippen LogP contribution < -0.4 is 0 Å². The molecule has 0 atom stereocenters. The molecule has 1 aromatic carbocycles. The topological polar surface area (TPSA) is 55.8 Å². The summed E-state index contributed by atoms with van der Waals surface area (Å²) < 4.78 is 11.6. The first-order chi connectivity index (χ1) is 10.9. The quantitative estimate of drug-likeness (QED) is 0.424. The average Bonchev–Trinajstić information content (AvgIpc) is 2.43. The number of carboxylic acid groups (broad SMARTS) is 1. The van der Waals surface area contributed by atoms with Crippen molar-refractivity contribution in [3.8, 4) is 0 Å². The van der Waals surface area contributed by atoms with Gasteiger partial charge < -0.3 is 14.3 Å². The van der Waals surface area contributed by atoms with Crippen LogP contribution in [0.2, 0.25) is 18.1 Å². The van der Waals surface area contributed by atoms with Gasteiger partial charge >= 0.3 is 5.97 Å². The lowest BCUT2D eigenvalue weighted by molar-refractivity contribution is -0.137. The van der Waals surface area contributed by atoms with E-state index in [0.717, 1.165) is 11.1 Å². The van der Waals surface area contributed by atoms with Crippen LogP contribution in [0.25, 0.3) is 6.08 Å². The Morgan fingerprint density at radius 3 is 2.42 bits per heavy atom. The van der Waals surface area contributed by atoms with Crippen LogP contribution in [-0.4, -0.2) is 25.5 Å². The van der Waals surface area contributed by atoms with E-state index < -0.39 is 14.3 Å². The first-order valence-electron chi connectivity index (χ1n) is 8.27. The van der Waals surface area contributed by atoms with Gasteiger partial charge in [-0.25, -0.2) is 4.79 Å². The molecule has 24 heavy (non-hydrogen) atoms. The number of rotatable bonds is 7. The summed E-state index contributed by atoms with van der Waals surface area (Å²) in [6.45, 7) is 15.2. The molecule has 0 amide bonds. The van der Waals surface area contributed by atoms with Crippen LogP contribution in [0.3, 0.4) is 0 Å². The van der Waals surface area contributed by atoms with Gasteiger partial charge in [-0.2, -0.15) is 0 Å². The van der Waals surface area contributed by atoms with Crippen molar-refractivity contribution >= 4 is 20.4 Å². The van der Waals surface area contributed by atoms with Crippen molar-refractivity contribution in [1.29, 1.82) is 0 Å². The maximum atomic E-state index is 11.3. The summed E-state index contributed by atoms with van der Waals surface area (Å²) in [4.78, 5) is 11.3. The zero-order valence-electron chi connectivity index (χ0n) is 15.8. The van der Waals surface area contributed by atoms with E-state index in [4.69, 9.17) is 9.16 Å². The molecule has 0 unspecified atom stereocenters. The van der Waals surface area contributed by atoms with Gasteiger partial charge in [0, 0.05) is 0 Å². The summed E-state index contributed by atoms with van der Waals surface area (Å²) in [6, 6.07) is 7.71. The van der Waals surface area contributed by atoms with E-state index in [-0.39, 0.29) is 16.9 Å². The molecule has 134 valence electrons. The number of hydrogen-bond acceptors (Lipinski definition) is 3. The minimum atomic E-state index is -1.81. The fourth-order valence-corrected chi connectivity index (χ4v) is 2.76. The van der Waals surface area contributed by atoms with Crippen LogP contribution in [0.5, 0.6) is 0 Å². The average molecular weight is 351 g/mol. The molecule has 0 saturated carbocycles. The Morgan fingerprint density at radius 2 is 1.92 bits per heavy atom. The zero-order valence-corrected chi connectivity index (χ0v) is 16.8. The fourth-order valence-electron chi connectivity index (χ4n) is 1.80. The third-order valence-electron chi connectivity index (χ3n) is 4.23. The Morgan fingerprint density at radius 1 is 1.29 bits per heavy atom. The van der Waals surface area contributed by atoms with Crippen LogP contribution in [0.1, 0.15) is 45.7 Å². The van der Waals surface area contributed by atoms with Gasteiger partial charge in [0.15, 0.2) is 8.32 Å². The largest absolute Gasteiger partial charge is 0.484 e. The second-order valence-corrected chi connectivity index (χ2v) is 12.6. The highest BCUT2D eigenvalue weighted by Crippen LogP contribution is 2.37. The molecule has 1 rings (SSSR count). The molecule has 4 nitrogen and oxygen atoms in total. The van der Waals surface area contributed by atoms with E-state index >= 15 is 0 Å². The summed E-state index contributed by atoms with van der Waals surface area (Å²) in [5.74, 6) is -1.11. The molecule has 1 aromatic rings. The highest BCUT2D eigenvalue weighted by molar-refractivity contribution is 6.74. The zero-order chi connectivity index (χ0) is 18.5. The van der Waals surface area contributed by atoms with E-state index in [0.29, 0.717) is 6.61 Å². The molecule has 0 bridgehead atoms. The predicted molar refractivity (Wildman–Crippen MR) is 100 cm³/mol. The monoisotopic (exact) mass is 350 g/mol. The SMILES string of the molecule is CC(C)OC(=Cc1cccc(CO[Si](C)(C)C(C)(C)C)c1)C(=O)O. The summed E-state index contributed by atoms with van der Waals surface area (Å²) in [5, 5.41) is 9.40. The number of carbonyl (C=O) groups is 1. The van der Waals surface area contributed by atoms with Gasteiger partial charge in [-0.1, -0.05) is 39.0 Å². The van der Waals surface area contributed by atoms with Crippen LogP contribution in [0.4, 0.5) is 0 Å². The normalized spacial score (nSPS) is 13.2. The number of aliphatic carboxylic acids is 1. The first-order valence-corrected chi connectivity index (χ1v) is 11.2. The number of ether oxygens (including phenoxy) is 1. The third kappa shape index (κ3) is 6.13. The number of benzene rings is 1. The summed E-state index contributed by atoms with van der Waals surface area (Å²) in [5.41, 5.74) is 1.83. The Kier molecular flexibility index (Phi) is 6.81. The lowest BCUT2D eigenvalue weighted by atomic mass is 10.1. The second-order valence-electron chi connectivity index (χ2n) is 7.77. The second kappa shape index (κ2) is 7.99. The lowest BCUT2D eigenvalue weighted by Crippen LogP contribution is -2.40. The van der Waals surface area contributed by atoms with E-state index in [9.17, 15) is 9.90 Å². The Balaban J connectivity index is 2.92. The van der Waals surface area contributed by atoms with E-state index in [1.807, 2.05) is 24.3 Å². The standard InChI is InChI=1S/C19H30O4Si/c1-14(2)23-17(18(20)21)12-15-9-8-10-16(11-15)13-22-24(6,7)19(3,4)5/h8-12,14H,13H2,1-7H3,(H,20,21). The fraction of sp³-hybridized carbons (Fsp3) is 0.526. The molecule has 0 spiro atoms. The molecular formula is C19H30O4Si. The van der Waals surface area contributed by atoms with Gasteiger partial charge in [0.2, 0.25) is 5.76 Å². The third-order valence-corrected chi connectivity index (χ3v) is 8.71. The van der Waals surface area contributed by atoms with Crippen molar-refractivity contribution in [2.75, 3.05) is 0 Å². The smallest absolute Gasteiger partial charge is 0.371 e. The number of hydrogen-bond donors (Lipinski definition) is 1. The number of carboxylic acids is 1. The highest BCUT2D eigenvalue weighted by Gasteiger charge is 2.36. The van der Waals surface area contributed by atoms with Crippen molar-refractivity contribution in [2.24, 2.45) is 0 Å². The van der Waals surface area contributed by atoms with Gasteiger partial charge in [-0.3, -0.25) is 0 Å². The minimum absolute atomic E-state index is 0.0486. The molecule has 0 radical (unpaired) electrons. The lowest BCUT2D eigenvalue weighted by Gasteiger charge is -2.36. The Bertz CT molecular complexity index is 598. The van der Waals surface area contributed by atoms with Crippen molar-refractivity contribution < 1.29 is 19.1 Å². The molecule has 0 aliphatic heterocycles. The van der Waals surface area contributed by atoms with Crippen molar-refractivity contribution in [2.45, 2.75) is 65.5 Å². The summed E-state index contributed by atoms with van der Waals surface area (Å²) in [7, 11) is -1.81. The van der Waals surface area contributed by atoms with Crippen molar-refractivity contribution in [1.82, 2.24) is 0 Å². The van der Waals surface area contributed by atoms with E-state index in [1.54, 1.807) is 19.9 Å². The van der Waals surface area contributed by atoms with Crippen molar-refractivity contribution in [3.63, 3.8) is 0 Å². The maximum absolute atomic E-state index is 11.3. The maximum Gasteiger partial charge on any atom is 0.371 e. The van der Waals surface area contributed by atoms with Crippen LogP contribution in [-0.2, 0) is 20.6 Å². The summed E-state index contributed by atoms with van der Waals surface area (Å²) >= 11 is 0. The highest BCUT2D eigenvalue weighted by atomic mass is 28.4. The van der Waals surface area contributed by atoms with Gasteiger partial charge in [0.05, 0.1) is 12.7 Å². The van der Waals surface area contributed by atoms with Crippen molar-refractivity contribution in [3.05, 3.63) is 41.2 Å². The first kappa shape index (κ1) is 20.5. The summed E-state index contributed by atoms with van der Waals surface area (Å²) in [6.07, 6.45) is 1.37. The molecule has 0 aromatic heterocycles. The van der Waals surface area contributed by atoms with Gasteiger partial charge in [-0.05, 0) is 55.2 Å². The molecule has 0 aliphatic rings. The van der Waals surface area contributed by atoms with Gasteiger partial charge in [-0.15, -0.1) is 0 Å². The van der Waals surface area contributed by atoms with Gasteiger partial charge in [0.1, 0.15) is 0 Å². The van der Waals surface area contributed by atoms with Crippen LogP contribution in [0, 0.1) is 0 Å². The van der Waals surface area contributed by atoms with Crippen LogP contribution >= 0.6 is 0 Å². The molecule has 0 heterocycles. The Hall–Kier alpha value is -1.59. The van der Waals surface area contributed by atoms with E-state index in [2.05, 4.69) is 33.9 Å². The molecule has 5 heteroatoms. The minimum Gasteiger partial charge on any atom is -0.484 e. The van der Waals surface area contributed by atoms with Gasteiger partial charge in [0.25, 0.3) is 0 Å². The van der Waals surface area contributed by atoms with Crippen LogP contribution in [0.15, 0.2) is 30.0 Å².